The first-order valence-corrected chi connectivity index (χ1v) is 6.74. The molecule has 0 fully saturated rings. The van der Waals surface area contributed by atoms with Gasteiger partial charge in [-0.25, -0.2) is 0 Å². The maximum Gasteiger partial charge on any atom is 0.159 e. The molecule has 0 radical (unpaired) electrons. The van der Waals surface area contributed by atoms with Crippen molar-refractivity contribution in [3.63, 3.8) is 0 Å². The molecular weight excluding hydrogens is 274 g/mol. The van der Waals surface area contributed by atoms with Gasteiger partial charge in [0, 0.05) is 17.6 Å². The minimum absolute atomic E-state index is 0.0291. The quantitative estimate of drug-likeness (QED) is 0.513. The molecule has 0 aliphatic rings. The van der Waals surface area contributed by atoms with Crippen molar-refractivity contribution in [2.75, 3.05) is 12.8 Å². The van der Waals surface area contributed by atoms with Gasteiger partial charge in [0.25, 0.3) is 0 Å². The monoisotopic (exact) mass is 289 g/mol. The van der Waals surface area contributed by atoms with Crippen LogP contribution in [0.1, 0.15) is 17.3 Å². The zero-order chi connectivity index (χ0) is 14.5. The van der Waals surface area contributed by atoms with Gasteiger partial charge in [0.1, 0.15) is 11.5 Å². The van der Waals surface area contributed by atoms with E-state index < -0.39 is 0 Å². The van der Waals surface area contributed by atoms with Crippen molar-refractivity contribution in [1.29, 1.82) is 0 Å². The number of carbonyl (C=O) groups is 1. The molecule has 0 saturated carbocycles. The normalized spacial score (nSPS) is 10.3. The second-order valence-electron chi connectivity index (χ2n) is 4.11. The lowest BCUT2D eigenvalue weighted by Crippen LogP contribution is -1.97. The van der Waals surface area contributed by atoms with Gasteiger partial charge in [-0.3, -0.25) is 4.79 Å². The second kappa shape index (κ2) is 6.45. The van der Waals surface area contributed by atoms with Crippen LogP contribution < -0.4 is 10.5 Å². The van der Waals surface area contributed by atoms with E-state index >= 15 is 0 Å². The fraction of sp³-hybridized carbons (Fsp3) is 0.133. The molecule has 104 valence electrons. The first-order valence-electron chi connectivity index (χ1n) is 6.00. The molecule has 0 unspecified atom stereocenters. The zero-order valence-corrected chi connectivity index (χ0v) is 12.1. The number of para-hydroxylation sites is 1. The van der Waals surface area contributed by atoms with E-state index in [0.29, 0.717) is 22.7 Å². The molecule has 2 aromatic carbocycles. The van der Waals surface area contributed by atoms with E-state index in [1.807, 2.05) is 24.3 Å². The van der Waals surface area contributed by atoms with Crippen LogP contribution in [0.3, 0.4) is 0 Å². The molecule has 0 aliphatic carbocycles. The number of carbonyl (C=O) groups excluding carboxylic acids is 1. The van der Waals surface area contributed by atoms with Gasteiger partial charge in [0.2, 0.25) is 0 Å². The van der Waals surface area contributed by atoms with Crippen LogP contribution in [0.4, 0.5) is 5.69 Å². The van der Waals surface area contributed by atoms with E-state index in [0.717, 1.165) is 4.90 Å². The minimum atomic E-state index is -0.0291. The van der Waals surface area contributed by atoms with Gasteiger partial charge in [-0.15, -0.1) is 0 Å². The average molecular weight is 289 g/mol. The van der Waals surface area contributed by atoms with Gasteiger partial charge >= 0.3 is 0 Å². The molecule has 2 rings (SSSR count). The Morgan fingerprint density at radius 2 is 1.90 bits per heavy atom. The van der Waals surface area contributed by atoms with Crippen LogP contribution in [-0.2, 0) is 4.18 Å². The molecule has 4 nitrogen and oxygen atoms in total. The highest BCUT2D eigenvalue weighted by atomic mass is 32.2. The Morgan fingerprint density at radius 1 is 1.15 bits per heavy atom. The van der Waals surface area contributed by atoms with E-state index in [4.69, 9.17) is 14.7 Å². The summed E-state index contributed by atoms with van der Waals surface area (Å²) in [5.41, 5.74) is 6.91. The van der Waals surface area contributed by atoms with Crippen LogP contribution in [0.15, 0.2) is 47.4 Å². The molecule has 0 atom stereocenters. The summed E-state index contributed by atoms with van der Waals surface area (Å²) in [6, 6.07) is 12.5. The molecule has 2 aromatic rings. The third kappa shape index (κ3) is 3.31. The molecule has 0 heterocycles. The molecule has 0 bridgehead atoms. The maximum absolute atomic E-state index is 11.3. The average Bonchev–Trinajstić information content (AvgIpc) is 2.43. The number of nitrogens with two attached hydrogens (primary N) is 1. The molecule has 2 N–H and O–H groups in total. The fourth-order valence-corrected chi connectivity index (χ4v) is 2.18. The Balaban J connectivity index is 2.28. The molecule has 0 aliphatic heterocycles. The standard InChI is InChI=1S/C15H15NO3S/c1-10(17)11-7-8-13(12(16)9-11)19-14-5-3-4-6-15(14)20-18-2/h3-9H,16H2,1-2H3. The SMILES string of the molecule is COSc1ccccc1Oc1ccc(C(C)=O)cc1N. The van der Waals surface area contributed by atoms with E-state index in [-0.39, 0.29) is 5.78 Å². The predicted octanol–water partition coefficient (Wildman–Crippen LogP) is 3.92. The number of Topliss-reactive ketones (excluding diaryl/α,β-unsaturated/α-hetero) is 1. The van der Waals surface area contributed by atoms with Gasteiger partial charge in [-0.2, -0.15) is 0 Å². The number of ketones is 1. The summed E-state index contributed by atoms with van der Waals surface area (Å²) in [7, 11) is 1.59. The maximum atomic E-state index is 11.3. The van der Waals surface area contributed by atoms with Crippen LogP contribution in [0.2, 0.25) is 0 Å². The highest BCUT2D eigenvalue weighted by Crippen LogP contribution is 2.35. The van der Waals surface area contributed by atoms with Crippen molar-refractivity contribution in [3.8, 4) is 11.5 Å². The van der Waals surface area contributed by atoms with Crippen LogP contribution in [0.5, 0.6) is 11.5 Å². The van der Waals surface area contributed by atoms with Crippen molar-refractivity contribution in [3.05, 3.63) is 48.0 Å². The lowest BCUT2D eigenvalue weighted by Gasteiger charge is -2.12. The first-order chi connectivity index (χ1) is 9.61. The summed E-state index contributed by atoms with van der Waals surface area (Å²) in [6.07, 6.45) is 0. The van der Waals surface area contributed by atoms with Gasteiger partial charge in [-0.05, 0) is 37.3 Å². The topological polar surface area (TPSA) is 61.5 Å². The zero-order valence-electron chi connectivity index (χ0n) is 11.3. The van der Waals surface area contributed by atoms with Gasteiger partial charge in [-0.1, -0.05) is 12.1 Å². The molecule has 20 heavy (non-hydrogen) atoms. The largest absolute Gasteiger partial charge is 0.454 e. The Hall–Kier alpha value is -1.98. The number of benzene rings is 2. The number of hydrogen-bond acceptors (Lipinski definition) is 5. The number of rotatable bonds is 5. The van der Waals surface area contributed by atoms with Crippen molar-refractivity contribution < 1.29 is 13.7 Å². The van der Waals surface area contributed by atoms with E-state index in [1.165, 1.54) is 19.0 Å². The second-order valence-corrected chi connectivity index (χ2v) is 5.05. The Labute approximate surface area is 122 Å². The number of hydrogen-bond donors (Lipinski definition) is 1. The molecule has 0 spiro atoms. The summed E-state index contributed by atoms with van der Waals surface area (Å²) in [6.45, 7) is 1.50. The summed E-state index contributed by atoms with van der Waals surface area (Å²) < 4.78 is 10.8. The van der Waals surface area contributed by atoms with Crippen molar-refractivity contribution in [1.82, 2.24) is 0 Å². The van der Waals surface area contributed by atoms with E-state index in [9.17, 15) is 4.79 Å². The molecule has 0 saturated heterocycles. The van der Waals surface area contributed by atoms with Crippen LogP contribution in [0.25, 0.3) is 0 Å². The van der Waals surface area contributed by atoms with E-state index in [1.54, 1.807) is 25.3 Å². The summed E-state index contributed by atoms with van der Waals surface area (Å²) in [4.78, 5) is 12.1. The Kier molecular flexibility index (Phi) is 4.65. The molecule has 0 amide bonds. The fourth-order valence-electron chi connectivity index (χ4n) is 1.67. The van der Waals surface area contributed by atoms with E-state index in [2.05, 4.69) is 0 Å². The number of nitrogen functional groups attached to an aromatic ring is 1. The lowest BCUT2D eigenvalue weighted by molar-refractivity contribution is 0.101. The third-order valence-corrected chi connectivity index (χ3v) is 3.34. The lowest BCUT2D eigenvalue weighted by atomic mass is 10.1. The summed E-state index contributed by atoms with van der Waals surface area (Å²) in [5, 5.41) is 0. The van der Waals surface area contributed by atoms with Gasteiger partial charge < -0.3 is 14.7 Å². The first kappa shape index (κ1) is 14.4. The van der Waals surface area contributed by atoms with Crippen molar-refractivity contribution in [2.24, 2.45) is 0 Å². The van der Waals surface area contributed by atoms with Crippen molar-refractivity contribution >= 4 is 23.5 Å². The summed E-state index contributed by atoms with van der Waals surface area (Å²) in [5.74, 6) is 1.14. The van der Waals surface area contributed by atoms with Gasteiger partial charge in [0.05, 0.1) is 17.7 Å². The van der Waals surface area contributed by atoms with Crippen LogP contribution in [0, 0.1) is 0 Å². The van der Waals surface area contributed by atoms with Crippen LogP contribution in [-0.4, -0.2) is 12.9 Å². The Morgan fingerprint density at radius 3 is 2.55 bits per heavy atom. The van der Waals surface area contributed by atoms with Gasteiger partial charge in [0.15, 0.2) is 5.78 Å². The summed E-state index contributed by atoms with van der Waals surface area (Å²) >= 11 is 1.22. The molecule has 5 heteroatoms. The Bertz CT molecular complexity index is 628. The van der Waals surface area contributed by atoms with Crippen LogP contribution >= 0.6 is 12.0 Å². The van der Waals surface area contributed by atoms with Crippen molar-refractivity contribution in [2.45, 2.75) is 11.8 Å². The molecular formula is C15H15NO3S. The highest BCUT2D eigenvalue weighted by Gasteiger charge is 2.09. The highest BCUT2D eigenvalue weighted by molar-refractivity contribution is 7.94. The minimum Gasteiger partial charge on any atom is -0.454 e. The molecule has 0 aromatic heterocycles. The number of anilines is 1. The third-order valence-electron chi connectivity index (χ3n) is 2.66. The number of ether oxygens (including phenoxy) is 1. The smallest absolute Gasteiger partial charge is 0.159 e. The predicted molar refractivity (Wildman–Crippen MR) is 80.2 cm³/mol.